The predicted octanol–water partition coefficient (Wildman–Crippen LogP) is 3.30. The highest BCUT2D eigenvalue weighted by atomic mass is 14.1. The molecule has 0 saturated heterocycles. The molecule has 14 heavy (non-hydrogen) atoms. The SMILES string of the molecule is [CH2]C#CCc1c(C)c(C)cc(C)c1C. The van der Waals surface area contributed by atoms with E-state index in [0.717, 1.165) is 6.42 Å². The van der Waals surface area contributed by atoms with Gasteiger partial charge in [0.2, 0.25) is 0 Å². The van der Waals surface area contributed by atoms with Gasteiger partial charge >= 0.3 is 0 Å². The Morgan fingerprint density at radius 2 is 1.57 bits per heavy atom. The summed E-state index contributed by atoms with van der Waals surface area (Å²) in [5.74, 6) is 5.75. The molecule has 0 unspecified atom stereocenters. The van der Waals surface area contributed by atoms with Gasteiger partial charge in [0.15, 0.2) is 0 Å². The monoisotopic (exact) mass is 185 g/mol. The molecule has 0 aliphatic carbocycles. The fraction of sp³-hybridized carbons (Fsp3) is 0.357. The van der Waals surface area contributed by atoms with E-state index in [-0.39, 0.29) is 0 Å². The molecule has 0 bridgehead atoms. The molecule has 0 heteroatoms. The minimum atomic E-state index is 0.823. The topological polar surface area (TPSA) is 0 Å². The quantitative estimate of drug-likeness (QED) is 0.589. The Bertz CT molecular complexity index is 374. The van der Waals surface area contributed by atoms with Gasteiger partial charge in [-0.3, -0.25) is 0 Å². The van der Waals surface area contributed by atoms with Crippen LogP contribution in [0, 0.1) is 46.5 Å². The fourth-order valence-corrected chi connectivity index (χ4v) is 1.71. The molecule has 1 rings (SSSR count). The van der Waals surface area contributed by atoms with Gasteiger partial charge in [-0.25, -0.2) is 0 Å². The standard InChI is InChI=1S/C14H17/c1-6-7-8-14-12(4)10(2)9-11(3)13(14)5/h9H,1,8H2,2-5H3. The minimum absolute atomic E-state index is 0.823. The Morgan fingerprint density at radius 3 is 2.00 bits per heavy atom. The molecule has 0 amide bonds. The summed E-state index contributed by atoms with van der Waals surface area (Å²) in [6.45, 7) is 12.2. The highest BCUT2D eigenvalue weighted by Gasteiger charge is 2.06. The second-order valence-corrected chi connectivity index (χ2v) is 3.77. The number of hydrogen-bond acceptors (Lipinski definition) is 0. The summed E-state index contributed by atoms with van der Waals surface area (Å²) in [5.41, 5.74) is 6.83. The minimum Gasteiger partial charge on any atom is -0.102 e. The van der Waals surface area contributed by atoms with Crippen LogP contribution in [-0.2, 0) is 6.42 Å². The van der Waals surface area contributed by atoms with Crippen molar-refractivity contribution in [2.75, 3.05) is 0 Å². The average Bonchev–Trinajstić information content (AvgIpc) is 2.15. The first kappa shape index (κ1) is 10.9. The van der Waals surface area contributed by atoms with Crippen LogP contribution in [0.25, 0.3) is 0 Å². The summed E-state index contributed by atoms with van der Waals surface area (Å²) in [7, 11) is 0. The van der Waals surface area contributed by atoms with Crippen molar-refractivity contribution in [3.63, 3.8) is 0 Å². The van der Waals surface area contributed by atoms with Crippen molar-refractivity contribution < 1.29 is 0 Å². The van der Waals surface area contributed by atoms with Gasteiger partial charge in [0.1, 0.15) is 0 Å². The first-order valence-electron chi connectivity index (χ1n) is 4.89. The smallest absolute Gasteiger partial charge is 0.0345 e. The second kappa shape index (κ2) is 4.33. The van der Waals surface area contributed by atoms with E-state index in [1.54, 1.807) is 0 Å². The van der Waals surface area contributed by atoms with Crippen molar-refractivity contribution in [1.29, 1.82) is 0 Å². The Kier molecular flexibility index (Phi) is 3.36. The molecule has 1 aromatic rings. The van der Waals surface area contributed by atoms with Gasteiger partial charge in [0.05, 0.1) is 0 Å². The molecule has 0 nitrogen and oxygen atoms in total. The van der Waals surface area contributed by atoms with Crippen molar-refractivity contribution in [2.45, 2.75) is 34.1 Å². The van der Waals surface area contributed by atoms with E-state index in [1.165, 1.54) is 27.8 Å². The summed E-state index contributed by atoms with van der Waals surface area (Å²) in [5, 5.41) is 0. The Balaban J connectivity index is 3.29. The van der Waals surface area contributed by atoms with E-state index in [2.05, 4.69) is 52.5 Å². The maximum absolute atomic E-state index is 3.54. The van der Waals surface area contributed by atoms with E-state index < -0.39 is 0 Å². The summed E-state index contributed by atoms with van der Waals surface area (Å²) in [6.07, 6.45) is 0.823. The summed E-state index contributed by atoms with van der Waals surface area (Å²) >= 11 is 0. The van der Waals surface area contributed by atoms with Crippen molar-refractivity contribution >= 4 is 0 Å². The van der Waals surface area contributed by atoms with E-state index in [4.69, 9.17) is 0 Å². The molecule has 0 spiro atoms. The Labute approximate surface area is 87.4 Å². The lowest BCUT2D eigenvalue weighted by molar-refractivity contribution is 1.13. The molecule has 0 heterocycles. The van der Waals surface area contributed by atoms with Gasteiger partial charge in [0.25, 0.3) is 0 Å². The summed E-state index contributed by atoms with van der Waals surface area (Å²) in [4.78, 5) is 0. The summed E-state index contributed by atoms with van der Waals surface area (Å²) < 4.78 is 0. The maximum Gasteiger partial charge on any atom is 0.0345 e. The molecule has 1 aromatic carbocycles. The first-order valence-corrected chi connectivity index (χ1v) is 4.89. The highest BCUT2D eigenvalue weighted by Crippen LogP contribution is 2.21. The third-order valence-electron chi connectivity index (χ3n) is 2.91. The molecule has 73 valence electrons. The van der Waals surface area contributed by atoms with Crippen molar-refractivity contribution in [3.05, 3.63) is 40.8 Å². The van der Waals surface area contributed by atoms with Gasteiger partial charge in [-0.1, -0.05) is 12.0 Å². The lowest BCUT2D eigenvalue weighted by Gasteiger charge is -2.12. The van der Waals surface area contributed by atoms with Gasteiger partial charge in [0, 0.05) is 13.3 Å². The van der Waals surface area contributed by atoms with Crippen molar-refractivity contribution in [1.82, 2.24) is 0 Å². The van der Waals surface area contributed by atoms with E-state index in [9.17, 15) is 0 Å². The van der Waals surface area contributed by atoms with Crippen LogP contribution >= 0.6 is 0 Å². The largest absolute Gasteiger partial charge is 0.102 e. The normalized spacial score (nSPS) is 9.50. The first-order chi connectivity index (χ1) is 6.57. The van der Waals surface area contributed by atoms with Gasteiger partial charge < -0.3 is 0 Å². The van der Waals surface area contributed by atoms with Crippen LogP contribution < -0.4 is 0 Å². The second-order valence-electron chi connectivity index (χ2n) is 3.77. The van der Waals surface area contributed by atoms with Gasteiger partial charge in [-0.15, -0.1) is 5.92 Å². The van der Waals surface area contributed by atoms with E-state index >= 15 is 0 Å². The summed E-state index contributed by atoms with van der Waals surface area (Å²) in [6, 6.07) is 2.24. The van der Waals surface area contributed by atoms with Gasteiger partial charge in [-0.05, 0) is 55.5 Å². The zero-order valence-electron chi connectivity index (χ0n) is 9.49. The van der Waals surface area contributed by atoms with Crippen LogP contribution in [0.1, 0.15) is 27.8 Å². The molecule has 1 radical (unpaired) electrons. The molecule has 0 atom stereocenters. The zero-order valence-corrected chi connectivity index (χ0v) is 9.49. The Morgan fingerprint density at radius 1 is 1.07 bits per heavy atom. The Hall–Kier alpha value is -1.22. The predicted molar refractivity (Wildman–Crippen MR) is 62.2 cm³/mol. The number of hydrogen-bond donors (Lipinski definition) is 0. The molecule has 0 aliphatic rings. The fourth-order valence-electron chi connectivity index (χ4n) is 1.71. The van der Waals surface area contributed by atoms with E-state index in [0.29, 0.717) is 0 Å². The van der Waals surface area contributed by atoms with Crippen LogP contribution in [0.2, 0.25) is 0 Å². The highest BCUT2D eigenvalue weighted by molar-refractivity contribution is 5.45. The molecule has 0 N–H and O–H groups in total. The third kappa shape index (κ3) is 1.99. The van der Waals surface area contributed by atoms with Crippen LogP contribution in [0.15, 0.2) is 6.07 Å². The van der Waals surface area contributed by atoms with Gasteiger partial charge in [-0.2, -0.15) is 0 Å². The molecule has 0 fully saturated rings. The van der Waals surface area contributed by atoms with Crippen LogP contribution in [-0.4, -0.2) is 0 Å². The van der Waals surface area contributed by atoms with E-state index in [1.807, 2.05) is 0 Å². The molecule has 0 aromatic heterocycles. The lowest BCUT2D eigenvalue weighted by atomic mass is 9.92. The lowest BCUT2D eigenvalue weighted by Crippen LogP contribution is -1.98. The van der Waals surface area contributed by atoms with Crippen LogP contribution in [0.4, 0.5) is 0 Å². The maximum atomic E-state index is 3.54. The molecule has 0 saturated carbocycles. The van der Waals surface area contributed by atoms with Crippen LogP contribution in [0.5, 0.6) is 0 Å². The van der Waals surface area contributed by atoms with Crippen molar-refractivity contribution in [2.24, 2.45) is 0 Å². The number of rotatable bonds is 1. The average molecular weight is 185 g/mol. The van der Waals surface area contributed by atoms with Crippen molar-refractivity contribution in [3.8, 4) is 11.8 Å². The number of aryl methyl sites for hydroxylation is 2. The number of benzene rings is 1. The molecular formula is C14H17. The van der Waals surface area contributed by atoms with Crippen LogP contribution in [0.3, 0.4) is 0 Å². The molecular weight excluding hydrogens is 168 g/mol. The zero-order chi connectivity index (χ0) is 10.7. The third-order valence-corrected chi connectivity index (χ3v) is 2.91. The molecule has 0 aliphatic heterocycles.